The quantitative estimate of drug-likeness (QED) is 0.772. The van der Waals surface area contributed by atoms with E-state index in [0.717, 1.165) is 17.0 Å². The molecule has 1 aliphatic heterocycles. The zero-order chi connectivity index (χ0) is 17.9. The Balaban J connectivity index is 1.45. The molecule has 2 aromatic carbocycles. The molecule has 0 aliphatic carbocycles. The smallest absolute Gasteiger partial charge is 0.251 e. The molecule has 0 bridgehead atoms. The van der Waals surface area contributed by atoms with E-state index in [0.29, 0.717) is 24.5 Å². The number of ether oxygens (including phenoxy) is 2. The van der Waals surface area contributed by atoms with Crippen LogP contribution in [0.1, 0.15) is 28.9 Å². The highest BCUT2D eigenvalue weighted by Gasteiger charge is 2.16. The van der Waals surface area contributed by atoms with Gasteiger partial charge < -0.3 is 14.8 Å². The molecule has 0 unspecified atom stereocenters. The number of benzene rings is 2. The molecule has 1 atom stereocenters. The molecule has 8 nitrogen and oxygen atoms in total. The number of amides is 1. The van der Waals surface area contributed by atoms with Crippen molar-refractivity contribution >= 4 is 5.91 Å². The first kappa shape index (κ1) is 16.1. The molecule has 0 fully saturated rings. The summed E-state index contributed by atoms with van der Waals surface area (Å²) in [6.45, 7) is 3.02. The molecule has 0 saturated carbocycles. The van der Waals surface area contributed by atoms with Crippen LogP contribution in [-0.4, -0.2) is 39.3 Å². The van der Waals surface area contributed by atoms with Crippen LogP contribution in [0.5, 0.6) is 11.5 Å². The lowest BCUT2D eigenvalue weighted by molar-refractivity contribution is 0.0939. The zero-order valence-corrected chi connectivity index (χ0v) is 14.1. The average Bonchev–Trinajstić information content (AvgIpc) is 3.22. The highest BCUT2D eigenvalue weighted by molar-refractivity contribution is 5.94. The molecule has 1 aromatic heterocycles. The minimum absolute atomic E-state index is 0.157. The third-order valence-electron chi connectivity index (χ3n) is 4.16. The number of carbonyl (C=O) groups is 1. The minimum atomic E-state index is -0.169. The van der Waals surface area contributed by atoms with E-state index in [4.69, 9.17) is 9.47 Å². The van der Waals surface area contributed by atoms with Gasteiger partial charge in [0, 0.05) is 5.56 Å². The first-order valence-electron chi connectivity index (χ1n) is 8.24. The lowest BCUT2D eigenvalue weighted by Crippen LogP contribution is -2.26. The van der Waals surface area contributed by atoms with Crippen molar-refractivity contribution in [2.45, 2.75) is 13.0 Å². The summed E-state index contributed by atoms with van der Waals surface area (Å²) in [5.41, 5.74) is 2.30. The standard InChI is InChI=1S/C18H17N5O3/c1-12(14-4-7-16-17(10-14)26-9-8-25-16)20-18(24)13-2-5-15(6-3-13)23-11-19-21-22-23/h2-7,10-12H,8-9H2,1H3,(H,20,24)/t12-/m0/s1. The van der Waals surface area contributed by atoms with Gasteiger partial charge in [0.2, 0.25) is 0 Å². The van der Waals surface area contributed by atoms with E-state index in [1.54, 1.807) is 24.3 Å². The van der Waals surface area contributed by atoms with E-state index in [9.17, 15) is 4.79 Å². The molecule has 1 amide bonds. The van der Waals surface area contributed by atoms with E-state index in [2.05, 4.69) is 20.8 Å². The lowest BCUT2D eigenvalue weighted by atomic mass is 10.1. The number of rotatable bonds is 4. The normalized spacial score (nSPS) is 13.9. The van der Waals surface area contributed by atoms with E-state index < -0.39 is 0 Å². The van der Waals surface area contributed by atoms with Crippen LogP contribution in [0.3, 0.4) is 0 Å². The molecular weight excluding hydrogens is 334 g/mol. The van der Waals surface area contributed by atoms with Crippen molar-refractivity contribution in [3.8, 4) is 17.2 Å². The highest BCUT2D eigenvalue weighted by Crippen LogP contribution is 2.32. The van der Waals surface area contributed by atoms with Gasteiger partial charge in [-0.05, 0) is 59.3 Å². The summed E-state index contributed by atoms with van der Waals surface area (Å²) < 4.78 is 12.6. The van der Waals surface area contributed by atoms with E-state index in [1.807, 2.05) is 25.1 Å². The van der Waals surface area contributed by atoms with Crippen molar-refractivity contribution in [2.75, 3.05) is 13.2 Å². The highest BCUT2D eigenvalue weighted by atomic mass is 16.6. The summed E-state index contributed by atoms with van der Waals surface area (Å²) in [5.74, 6) is 1.29. The number of nitrogens with one attached hydrogen (secondary N) is 1. The van der Waals surface area contributed by atoms with Crippen LogP contribution in [0.25, 0.3) is 5.69 Å². The number of fused-ring (bicyclic) bond motifs is 1. The fourth-order valence-electron chi connectivity index (χ4n) is 2.74. The first-order chi connectivity index (χ1) is 12.7. The molecule has 2 heterocycles. The second-order valence-electron chi connectivity index (χ2n) is 5.90. The molecule has 4 rings (SSSR count). The Morgan fingerprint density at radius 3 is 2.62 bits per heavy atom. The van der Waals surface area contributed by atoms with Crippen LogP contribution in [0, 0.1) is 0 Å². The summed E-state index contributed by atoms with van der Waals surface area (Å²) in [5, 5.41) is 14.0. The van der Waals surface area contributed by atoms with Gasteiger partial charge in [0.05, 0.1) is 11.7 Å². The molecule has 0 saturated heterocycles. The molecule has 8 heteroatoms. The monoisotopic (exact) mass is 351 g/mol. The van der Waals surface area contributed by atoms with Crippen LogP contribution < -0.4 is 14.8 Å². The second kappa shape index (κ2) is 6.83. The van der Waals surface area contributed by atoms with Gasteiger partial charge in [-0.2, -0.15) is 0 Å². The maximum Gasteiger partial charge on any atom is 0.251 e. The molecule has 0 spiro atoms. The molecule has 132 valence electrons. The first-order valence-corrected chi connectivity index (χ1v) is 8.24. The molecular formula is C18H17N5O3. The van der Waals surface area contributed by atoms with Crippen LogP contribution in [0.2, 0.25) is 0 Å². The van der Waals surface area contributed by atoms with E-state index in [1.165, 1.54) is 11.0 Å². The zero-order valence-electron chi connectivity index (χ0n) is 14.1. The lowest BCUT2D eigenvalue weighted by Gasteiger charge is -2.21. The van der Waals surface area contributed by atoms with Gasteiger partial charge in [0.25, 0.3) is 5.91 Å². The van der Waals surface area contributed by atoms with E-state index in [-0.39, 0.29) is 11.9 Å². The third-order valence-corrected chi connectivity index (χ3v) is 4.16. The Labute approximate surface area is 149 Å². The summed E-state index contributed by atoms with van der Waals surface area (Å²) in [7, 11) is 0. The molecule has 0 radical (unpaired) electrons. The number of nitrogens with zero attached hydrogens (tertiary/aromatic N) is 4. The third kappa shape index (κ3) is 3.21. The predicted octanol–water partition coefficient (Wildman–Crippen LogP) is 1.92. The van der Waals surface area contributed by atoms with Gasteiger partial charge in [0.15, 0.2) is 11.5 Å². The van der Waals surface area contributed by atoms with Crippen LogP contribution in [0.15, 0.2) is 48.8 Å². The number of hydrogen-bond donors (Lipinski definition) is 1. The SMILES string of the molecule is C[C@H](NC(=O)c1ccc(-n2cnnn2)cc1)c1ccc2c(c1)OCCO2. The van der Waals surface area contributed by atoms with Gasteiger partial charge in [-0.1, -0.05) is 6.07 Å². The largest absolute Gasteiger partial charge is 0.486 e. The fraction of sp³-hybridized carbons (Fsp3) is 0.222. The van der Waals surface area contributed by atoms with Crippen molar-refractivity contribution in [1.82, 2.24) is 25.5 Å². The summed E-state index contributed by atoms with van der Waals surface area (Å²) in [6.07, 6.45) is 1.50. The maximum atomic E-state index is 12.5. The van der Waals surface area contributed by atoms with Crippen LogP contribution >= 0.6 is 0 Å². The summed E-state index contributed by atoms with van der Waals surface area (Å²) in [4.78, 5) is 12.5. The Kier molecular flexibility index (Phi) is 4.22. The van der Waals surface area contributed by atoms with Crippen molar-refractivity contribution in [1.29, 1.82) is 0 Å². The predicted molar refractivity (Wildman–Crippen MR) is 92.5 cm³/mol. The number of carbonyl (C=O) groups excluding carboxylic acids is 1. The Morgan fingerprint density at radius 1 is 1.12 bits per heavy atom. The van der Waals surface area contributed by atoms with Crippen molar-refractivity contribution in [3.05, 3.63) is 59.9 Å². The van der Waals surface area contributed by atoms with E-state index >= 15 is 0 Å². The van der Waals surface area contributed by atoms with Crippen LogP contribution in [0.4, 0.5) is 0 Å². The Hall–Kier alpha value is -3.42. The molecule has 1 aliphatic rings. The Bertz CT molecular complexity index is 909. The second-order valence-corrected chi connectivity index (χ2v) is 5.90. The molecule has 3 aromatic rings. The van der Waals surface area contributed by atoms with Gasteiger partial charge in [0.1, 0.15) is 19.5 Å². The number of hydrogen-bond acceptors (Lipinski definition) is 6. The maximum absolute atomic E-state index is 12.5. The Morgan fingerprint density at radius 2 is 1.88 bits per heavy atom. The topological polar surface area (TPSA) is 91.2 Å². The molecule has 26 heavy (non-hydrogen) atoms. The van der Waals surface area contributed by atoms with Crippen molar-refractivity contribution in [2.24, 2.45) is 0 Å². The van der Waals surface area contributed by atoms with Crippen LogP contribution in [-0.2, 0) is 0 Å². The van der Waals surface area contributed by atoms with Crippen molar-refractivity contribution in [3.63, 3.8) is 0 Å². The fourth-order valence-corrected chi connectivity index (χ4v) is 2.74. The van der Waals surface area contributed by atoms with Crippen molar-refractivity contribution < 1.29 is 14.3 Å². The summed E-state index contributed by atoms with van der Waals surface area (Å²) in [6, 6.07) is 12.6. The number of tetrazole rings is 1. The number of aromatic nitrogens is 4. The van der Waals surface area contributed by atoms with Gasteiger partial charge in [-0.25, -0.2) is 4.68 Å². The van der Waals surface area contributed by atoms with Gasteiger partial charge in [-0.15, -0.1) is 5.10 Å². The minimum Gasteiger partial charge on any atom is -0.486 e. The van der Waals surface area contributed by atoms with Gasteiger partial charge >= 0.3 is 0 Å². The van der Waals surface area contributed by atoms with Gasteiger partial charge in [-0.3, -0.25) is 4.79 Å². The average molecular weight is 351 g/mol. The summed E-state index contributed by atoms with van der Waals surface area (Å²) >= 11 is 0. The molecule has 1 N–H and O–H groups in total.